The average molecular weight is 264 g/mol. The van der Waals surface area contributed by atoms with Crippen molar-refractivity contribution in [3.8, 4) is 11.1 Å². The molecule has 1 aromatic heterocycles. The third kappa shape index (κ3) is 1.59. The molecule has 1 amide bonds. The van der Waals surface area contributed by atoms with Gasteiger partial charge in [-0.2, -0.15) is 0 Å². The zero-order valence-electron chi connectivity index (χ0n) is 11.5. The Balaban J connectivity index is 1.90. The highest BCUT2D eigenvalue weighted by Crippen LogP contribution is 2.40. The summed E-state index contributed by atoms with van der Waals surface area (Å²) in [6.45, 7) is 2.96. The van der Waals surface area contributed by atoms with Gasteiger partial charge in [0.2, 0.25) is 5.91 Å². The molecule has 0 bridgehead atoms. The van der Waals surface area contributed by atoms with Gasteiger partial charge in [0.15, 0.2) is 0 Å². The molecule has 3 heterocycles. The van der Waals surface area contributed by atoms with Crippen molar-refractivity contribution >= 4 is 11.6 Å². The molecule has 0 radical (unpaired) electrons. The lowest BCUT2D eigenvalue weighted by atomic mass is 9.93. The second-order valence-corrected chi connectivity index (χ2v) is 5.63. The zero-order valence-corrected chi connectivity index (χ0v) is 11.5. The summed E-state index contributed by atoms with van der Waals surface area (Å²) in [5.41, 5.74) is 7.49. The fourth-order valence-corrected chi connectivity index (χ4v) is 3.38. The standard InChI is InChI=1S/C17H16N2O/c1-11-4-6-18-10-15(11)14-8-12-2-3-16(20)19-7-5-13(9-14)17(12)19/h4,6,8-10H,2-3,5,7H2,1H3. The molecule has 0 atom stereocenters. The van der Waals surface area contributed by atoms with Crippen LogP contribution in [0.25, 0.3) is 11.1 Å². The predicted octanol–water partition coefficient (Wildman–Crippen LogP) is 2.89. The normalized spacial score (nSPS) is 16.4. The van der Waals surface area contributed by atoms with Crippen LogP contribution in [0.1, 0.15) is 23.1 Å². The number of rotatable bonds is 1. The van der Waals surface area contributed by atoms with Gasteiger partial charge in [-0.1, -0.05) is 0 Å². The van der Waals surface area contributed by atoms with E-state index in [0.29, 0.717) is 6.42 Å². The zero-order chi connectivity index (χ0) is 13.7. The van der Waals surface area contributed by atoms with Gasteiger partial charge in [-0.25, -0.2) is 0 Å². The maximum atomic E-state index is 11.9. The summed E-state index contributed by atoms with van der Waals surface area (Å²) in [6.07, 6.45) is 6.25. The first kappa shape index (κ1) is 11.6. The van der Waals surface area contributed by atoms with Gasteiger partial charge >= 0.3 is 0 Å². The van der Waals surface area contributed by atoms with Crippen LogP contribution in [0.5, 0.6) is 0 Å². The second kappa shape index (κ2) is 4.17. The van der Waals surface area contributed by atoms with Crippen molar-refractivity contribution in [2.75, 3.05) is 11.4 Å². The summed E-state index contributed by atoms with van der Waals surface area (Å²) >= 11 is 0. The minimum Gasteiger partial charge on any atom is -0.312 e. The van der Waals surface area contributed by atoms with Gasteiger partial charge < -0.3 is 4.90 Å². The van der Waals surface area contributed by atoms with E-state index in [9.17, 15) is 4.79 Å². The molecular formula is C17H16N2O. The van der Waals surface area contributed by atoms with Crippen molar-refractivity contribution in [1.29, 1.82) is 0 Å². The van der Waals surface area contributed by atoms with Gasteiger partial charge in [0.05, 0.1) is 5.69 Å². The largest absolute Gasteiger partial charge is 0.312 e. The van der Waals surface area contributed by atoms with Crippen LogP contribution in [0.3, 0.4) is 0 Å². The smallest absolute Gasteiger partial charge is 0.227 e. The number of carbonyl (C=O) groups excluding carboxylic acids is 1. The van der Waals surface area contributed by atoms with Gasteiger partial charge in [-0.15, -0.1) is 0 Å². The van der Waals surface area contributed by atoms with Gasteiger partial charge in [0, 0.05) is 30.9 Å². The molecule has 0 aliphatic carbocycles. The Morgan fingerprint density at radius 3 is 2.75 bits per heavy atom. The van der Waals surface area contributed by atoms with E-state index in [-0.39, 0.29) is 5.91 Å². The Hall–Kier alpha value is -2.16. The lowest BCUT2D eigenvalue weighted by Gasteiger charge is -2.26. The Labute approximate surface area is 118 Å². The van der Waals surface area contributed by atoms with Crippen LogP contribution in [-0.2, 0) is 17.6 Å². The van der Waals surface area contributed by atoms with Crippen molar-refractivity contribution in [2.24, 2.45) is 0 Å². The summed E-state index contributed by atoms with van der Waals surface area (Å²) in [5.74, 6) is 0.279. The van der Waals surface area contributed by atoms with E-state index in [0.717, 1.165) is 19.4 Å². The first-order valence-electron chi connectivity index (χ1n) is 7.11. The molecule has 100 valence electrons. The van der Waals surface area contributed by atoms with Crippen LogP contribution in [-0.4, -0.2) is 17.4 Å². The number of hydrogen-bond donors (Lipinski definition) is 0. The Morgan fingerprint density at radius 2 is 1.95 bits per heavy atom. The maximum Gasteiger partial charge on any atom is 0.227 e. The Morgan fingerprint density at radius 1 is 1.15 bits per heavy atom. The lowest BCUT2D eigenvalue weighted by Crippen LogP contribution is -2.32. The molecule has 2 aliphatic heterocycles. The number of pyridine rings is 1. The fourth-order valence-electron chi connectivity index (χ4n) is 3.38. The number of carbonyl (C=O) groups is 1. The van der Waals surface area contributed by atoms with Gasteiger partial charge in [-0.3, -0.25) is 9.78 Å². The van der Waals surface area contributed by atoms with Crippen LogP contribution < -0.4 is 4.90 Å². The highest BCUT2D eigenvalue weighted by Gasteiger charge is 2.31. The van der Waals surface area contributed by atoms with Crippen LogP contribution in [0.2, 0.25) is 0 Å². The number of aromatic nitrogens is 1. The van der Waals surface area contributed by atoms with E-state index in [4.69, 9.17) is 0 Å². The molecule has 3 nitrogen and oxygen atoms in total. The summed E-state index contributed by atoms with van der Waals surface area (Å²) in [4.78, 5) is 18.2. The quantitative estimate of drug-likeness (QED) is 0.793. The number of hydrogen-bond acceptors (Lipinski definition) is 2. The number of aryl methyl sites for hydroxylation is 2. The average Bonchev–Trinajstić information content (AvgIpc) is 2.89. The number of amides is 1. The van der Waals surface area contributed by atoms with Crippen molar-refractivity contribution < 1.29 is 4.79 Å². The second-order valence-electron chi connectivity index (χ2n) is 5.63. The topological polar surface area (TPSA) is 33.2 Å². The van der Waals surface area contributed by atoms with Crippen LogP contribution in [0.15, 0.2) is 30.6 Å². The SMILES string of the molecule is Cc1ccncc1-c1cc2c3c(c1)CCN3C(=O)CC2. The predicted molar refractivity (Wildman–Crippen MR) is 78.8 cm³/mol. The monoisotopic (exact) mass is 264 g/mol. The third-order valence-electron chi connectivity index (χ3n) is 4.40. The van der Waals surface area contributed by atoms with Gasteiger partial charge in [0.1, 0.15) is 0 Å². The minimum atomic E-state index is 0.279. The summed E-state index contributed by atoms with van der Waals surface area (Å²) < 4.78 is 0. The van der Waals surface area contributed by atoms with E-state index in [2.05, 4.69) is 24.0 Å². The molecule has 2 aromatic rings. The number of anilines is 1. The fraction of sp³-hybridized carbons (Fsp3) is 0.294. The molecule has 20 heavy (non-hydrogen) atoms. The van der Waals surface area contributed by atoms with E-state index >= 15 is 0 Å². The molecule has 0 fully saturated rings. The summed E-state index contributed by atoms with van der Waals surface area (Å²) in [7, 11) is 0. The Bertz CT molecular complexity index is 721. The molecule has 2 aliphatic rings. The van der Waals surface area contributed by atoms with Crippen molar-refractivity contribution in [3.05, 3.63) is 47.3 Å². The van der Waals surface area contributed by atoms with Crippen LogP contribution in [0.4, 0.5) is 5.69 Å². The van der Waals surface area contributed by atoms with Crippen molar-refractivity contribution in [2.45, 2.75) is 26.2 Å². The lowest BCUT2D eigenvalue weighted by molar-refractivity contribution is -0.118. The molecule has 0 saturated heterocycles. The molecule has 0 unspecified atom stereocenters. The van der Waals surface area contributed by atoms with Crippen LogP contribution in [0, 0.1) is 6.92 Å². The van der Waals surface area contributed by atoms with Gasteiger partial charge in [-0.05, 0) is 60.2 Å². The van der Waals surface area contributed by atoms with Crippen LogP contribution >= 0.6 is 0 Å². The van der Waals surface area contributed by atoms with E-state index < -0.39 is 0 Å². The summed E-state index contributed by atoms with van der Waals surface area (Å²) in [5, 5.41) is 0. The molecule has 0 N–H and O–H groups in total. The van der Waals surface area contributed by atoms with Crippen molar-refractivity contribution in [1.82, 2.24) is 4.98 Å². The highest BCUT2D eigenvalue weighted by atomic mass is 16.2. The highest BCUT2D eigenvalue weighted by molar-refractivity contribution is 5.99. The minimum absolute atomic E-state index is 0.279. The first-order chi connectivity index (χ1) is 9.74. The van der Waals surface area contributed by atoms with E-state index in [1.807, 2.05) is 23.4 Å². The summed E-state index contributed by atoms with van der Waals surface area (Å²) in [6, 6.07) is 6.53. The molecule has 1 aromatic carbocycles. The first-order valence-corrected chi connectivity index (χ1v) is 7.11. The maximum absolute atomic E-state index is 11.9. The Kier molecular flexibility index (Phi) is 2.43. The third-order valence-corrected chi connectivity index (χ3v) is 4.40. The molecule has 0 saturated carbocycles. The van der Waals surface area contributed by atoms with Crippen molar-refractivity contribution in [3.63, 3.8) is 0 Å². The molecular weight excluding hydrogens is 248 g/mol. The number of nitrogens with zero attached hydrogens (tertiary/aromatic N) is 2. The van der Waals surface area contributed by atoms with E-state index in [1.54, 1.807) is 0 Å². The molecule has 0 spiro atoms. The van der Waals surface area contributed by atoms with E-state index in [1.165, 1.54) is 33.5 Å². The number of benzene rings is 1. The van der Waals surface area contributed by atoms with Gasteiger partial charge in [0.25, 0.3) is 0 Å². The molecule has 4 rings (SSSR count). The molecule has 3 heteroatoms.